The van der Waals surface area contributed by atoms with Gasteiger partial charge in [-0.1, -0.05) is 189 Å². The summed E-state index contributed by atoms with van der Waals surface area (Å²) in [5, 5.41) is 34.1. The molecule has 0 aliphatic rings. The maximum absolute atomic E-state index is 13.8. The molecule has 0 aromatic heterocycles. The number of rotatable bonds is 45. The fourth-order valence-electron chi connectivity index (χ4n) is 7.50. The molecule has 358 valence electrons. The summed E-state index contributed by atoms with van der Waals surface area (Å²) >= 11 is 0. The standard InChI is InChI=1S/C57H94O6/c1-4-7-10-13-16-19-22-25-28-31-34-37-40-43-46-49-53(59)56(62,52-58)57(63,54(60)50-47-44-41-38-35-32-29-26-23-20-17-14-11-8-5-2)55(61)51-48-45-42-39-36-33-30-27-24-21-18-15-12-9-6-3/h7-8,10-11,16-21,25-30,58,62-63H,4-6,9,12-15,22-24,31-52H2,1-3H3/b10-7-,11-8-,19-16-,20-17-,21-18-,28-25-,29-26-,30-27-. The van der Waals surface area contributed by atoms with Crippen LogP contribution in [-0.4, -0.2) is 50.5 Å². The summed E-state index contributed by atoms with van der Waals surface area (Å²) < 4.78 is 0. The Labute approximate surface area is 387 Å². The van der Waals surface area contributed by atoms with E-state index in [1.54, 1.807) is 0 Å². The van der Waals surface area contributed by atoms with Gasteiger partial charge in [0.15, 0.2) is 23.0 Å². The fraction of sp³-hybridized carbons (Fsp3) is 0.667. The number of aliphatic hydroxyl groups is 3. The van der Waals surface area contributed by atoms with Gasteiger partial charge in [-0.15, -0.1) is 0 Å². The lowest BCUT2D eigenvalue weighted by molar-refractivity contribution is -0.194. The van der Waals surface area contributed by atoms with Crippen molar-refractivity contribution < 1.29 is 29.7 Å². The first-order valence-corrected chi connectivity index (χ1v) is 25.6. The van der Waals surface area contributed by atoms with Gasteiger partial charge in [-0.05, 0) is 116 Å². The minimum Gasteiger partial charge on any atom is -0.393 e. The topological polar surface area (TPSA) is 112 Å². The van der Waals surface area contributed by atoms with Crippen LogP contribution in [0.25, 0.3) is 0 Å². The lowest BCUT2D eigenvalue weighted by Gasteiger charge is -2.39. The number of aliphatic hydroxyl groups excluding tert-OH is 1. The zero-order valence-electron chi connectivity index (χ0n) is 40.6. The third-order valence-corrected chi connectivity index (χ3v) is 11.6. The second kappa shape index (κ2) is 44.0. The van der Waals surface area contributed by atoms with Gasteiger partial charge in [0.2, 0.25) is 5.60 Å². The van der Waals surface area contributed by atoms with Crippen molar-refractivity contribution in [1.82, 2.24) is 0 Å². The van der Waals surface area contributed by atoms with Gasteiger partial charge in [0, 0.05) is 19.3 Å². The van der Waals surface area contributed by atoms with Crippen molar-refractivity contribution in [3.05, 3.63) is 97.2 Å². The van der Waals surface area contributed by atoms with E-state index >= 15 is 0 Å². The van der Waals surface area contributed by atoms with E-state index < -0.39 is 35.2 Å². The van der Waals surface area contributed by atoms with Gasteiger partial charge >= 0.3 is 0 Å². The molecule has 0 radical (unpaired) electrons. The first kappa shape index (κ1) is 59.8. The molecule has 0 aliphatic heterocycles. The highest BCUT2D eigenvalue weighted by Gasteiger charge is 2.62. The van der Waals surface area contributed by atoms with Gasteiger partial charge in [0.1, 0.15) is 0 Å². The number of unbranched alkanes of at least 4 members (excludes halogenated alkanes) is 18. The third kappa shape index (κ3) is 31.3. The predicted octanol–water partition coefficient (Wildman–Crippen LogP) is 15.1. The van der Waals surface area contributed by atoms with Gasteiger partial charge in [-0.2, -0.15) is 0 Å². The highest BCUT2D eigenvalue weighted by atomic mass is 16.4. The summed E-state index contributed by atoms with van der Waals surface area (Å²) in [5.74, 6) is -2.57. The average Bonchev–Trinajstić information content (AvgIpc) is 3.29. The predicted molar refractivity (Wildman–Crippen MR) is 270 cm³/mol. The Morgan fingerprint density at radius 3 is 0.937 bits per heavy atom. The smallest absolute Gasteiger partial charge is 0.219 e. The molecule has 0 rings (SSSR count). The summed E-state index contributed by atoms with van der Waals surface area (Å²) in [5.41, 5.74) is -5.83. The van der Waals surface area contributed by atoms with Gasteiger partial charge in [-0.3, -0.25) is 14.4 Å². The van der Waals surface area contributed by atoms with Crippen LogP contribution >= 0.6 is 0 Å². The van der Waals surface area contributed by atoms with Crippen molar-refractivity contribution in [3.63, 3.8) is 0 Å². The van der Waals surface area contributed by atoms with Crippen LogP contribution in [0, 0.1) is 0 Å². The molecule has 63 heavy (non-hydrogen) atoms. The molecule has 0 bridgehead atoms. The van der Waals surface area contributed by atoms with Gasteiger partial charge in [-0.25, -0.2) is 0 Å². The maximum atomic E-state index is 13.8. The monoisotopic (exact) mass is 875 g/mol. The Hall–Kier alpha value is -3.19. The molecule has 0 fully saturated rings. The van der Waals surface area contributed by atoms with E-state index in [9.17, 15) is 29.7 Å². The Kier molecular flexibility index (Phi) is 41.8. The largest absolute Gasteiger partial charge is 0.393 e. The lowest BCUT2D eigenvalue weighted by atomic mass is 9.71. The minimum atomic E-state index is -2.96. The second-order valence-electron chi connectivity index (χ2n) is 17.2. The average molecular weight is 875 g/mol. The highest BCUT2D eigenvalue weighted by molar-refractivity contribution is 6.16. The fourth-order valence-corrected chi connectivity index (χ4v) is 7.50. The Balaban J connectivity index is 5.09. The number of allylic oxidation sites excluding steroid dienone is 16. The molecule has 0 aliphatic carbocycles. The van der Waals surface area contributed by atoms with E-state index in [0.29, 0.717) is 19.3 Å². The van der Waals surface area contributed by atoms with E-state index in [1.165, 1.54) is 19.3 Å². The molecule has 0 heterocycles. The minimum absolute atomic E-state index is 0.121. The van der Waals surface area contributed by atoms with Crippen LogP contribution in [0.5, 0.6) is 0 Å². The molecule has 6 heteroatoms. The summed E-state index contributed by atoms with van der Waals surface area (Å²) in [7, 11) is 0. The summed E-state index contributed by atoms with van der Waals surface area (Å²) in [6.07, 6.45) is 61.9. The van der Waals surface area contributed by atoms with Crippen LogP contribution < -0.4 is 0 Å². The van der Waals surface area contributed by atoms with Gasteiger partial charge < -0.3 is 15.3 Å². The molecule has 0 amide bonds. The maximum Gasteiger partial charge on any atom is 0.219 e. The molecule has 2 atom stereocenters. The Morgan fingerprint density at radius 1 is 0.349 bits per heavy atom. The molecule has 0 saturated heterocycles. The first-order valence-electron chi connectivity index (χ1n) is 25.6. The number of ketones is 3. The van der Waals surface area contributed by atoms with Crippen molar-refractivity contribution in [2.24, 2.45) is 0 Å². The quantitative estimate of drug-likeness (QED) is 0.0319. The SMILES string of the molecule is CC/C=C\C/C=C\C/C=C\CCCCCCCC(=O)C(O)(CO)C(O)(C(=O)CCCCCCC/C=C\C/C=C\C/C=C\CC)C(=O)CCCCCCC/C=C\C/C=C\CCCCC. The highest BCUT2D eigenvalue weighted by Crippen LogP contribution is 2.32. The van der Waals surface area contributed by atoms with E-state index in [1.807, 2.05) is 0 Å². The summed E-state index contributed by atoms with van der Waals surface area (Å²) in [4.78, 5) is 41.2. The molecular formula is C57H94O6. The van der Waals surface area contributed by atoms with E-state index in [-0.39, 0.29) is 19.3 Å². The van der Waals surface area contributed by atoms with Crippen molar-refractivity contribution in [2.45, 2.75) is 237 Å². The molecule has 0 aromatic carbocycles. The van der Waals surface area contributed by atoms with Crippen molar-refractivity contribution in [1.29, 1.82) is 0 Å². The third-order valence-electron chi connectivity index (χ3n) is 11.6. The summed E-state index contributed by atoms with van der Waals surface area (Å²) in [6, 6.07) is 0. The number of carbonyl (C=O) groups excluding carboxylic acids is 3. The number of Topliss-reactive ketones (excluding diaryl/α,β-unsaturated/α-hetero) is 3. The molecular weight excluding hydrogens is 781 g/mol. The van der Waals surface area contributed by atoms with Gasteiger partial charge in [0.05, 0.1) is 6.61 Å². The van der Waals surface area contributed by atoms with E-state index in [4.69, 9.17) is 0 Å². The van der Waals surface area contributed by atoms with Crippen LogP contribution in [0.4, 0.5) is 0 Å². The Morgan fingerprint density at radius 2 is 0.619 bits per heavy atom. The molecule has 6 nitrogen and oxygen atoms in total. The van der Waals surface area contributed by atoms with Crippen molar-refractivity contribution in [3.8, 4) is 0 Å². The van der Waals surface area contributed by atoms with Crippen molar-refractivity contribution >= 4 is 17.3 Å². The second-order valence-corrected chi connectivity index (χ2v) is 17.2. The molecule has 3 N–H and O–H groups in total. The van der Waals surface area contributed by atoms with E-state index in [0.717, 1.165) is 148 Å². The molecule has 0 spiro atoms. The number of carbonyl (C=O) groups is 3. The number of hydrogen-bond donors (Lipinski definition) is 3. The van der Waals surface area contributed by atoms with Gasteiger partial charge in [0.25, 0.3) is 0 Å². The van der Waals surface area contributed by atoms with E-state index in [2.05, 4.69) is 118 Å². The molecule has 2 unspecified atom stereocenters. The zero-order chi connectivity index (χ0) is 46.4. The normalized spacial score (nSPS) is 14.6. The lowest BCUT2D eigenvalue weighted by Crippen LogP contribution is -2.69. The Bertz CT molecular complexity index is 1360. The van der Waals surface area contributed by atoms with Crippen LogP contribution in [0.1, 0.15) is 226 Å². The summed E-state index contributed by atoms with van der Waals surface area (Å²) in [6.45, 7) is 5.30. The van der Waals surface area contributed by atoms with Crippen molar-refractivity contribution in [2.75, 3.05) is 6.61 Å². The molecule has 0 aromatic rings. The first-order chi connectivity index (χ1) is 30.8. The molecule has 0 saturated carbocycles. The zero-order valence-corrected chi connectivity index (χ0v) is 40.6. The van der Waals surface area contributed by atoms with Crippen LogP contribution in [-0.2, 0) is 14.4 Å². The van der Waals surface area contributed by atoms with Crippen LogP contribution in [0.15, 0.2) is 97.2 Å². The van der Waals surface area contributed by atoms with Crippen LogP contribution in [0.3, 0.4) is 0 Å². The van der Waals surface area contributed by atoms with Crippen LogP contribution in [0.2, 0.25) is 0 Å². The number of hydrogen-bond acceptors (Lipinski definition) is 6.